The molecule has 5 nitrogen and oxygen atoms in total. The third kappa shape index (κ3) is 2.87. The van der Waals surface area contributed by atoms with E-state index in [0.717, 1.165) is 13.0 Å². The largest absolute Gasteiger partial charge is 0.375 e. The first-order valence-corrected chi connectivity index (χ1v) is 7.78. The summed E-state index contributed by atoms with van der Waals surface area (Å²) >= 11 is 6.32. The number of anilines is 1. The van der Waals surface area contributed by atoms with Crippen molar-refractivity contribution in [2.75, 3.05) is 24.6 Å². The Labute approximate surface area is 134 Å². The minimum absolute atomic E-state index is 0.168. The summed E-state index contributed by atoms with van der Waals surface area (Å²) in [5.74, 6) is 0. The number of rotatable bonds is 3. The number of ether oxygens (including phenoxy) is 1. The van der Waals surface area contributed by atoms with E-state index in [4.69, 9.17) is 16.3 Å². The van der Waals surface area contributed by atoms with Gasteiger partial charge in [-0.2, -0.15) is 9.78 Å². The lowest BCUT2D eigenvalue weighted by atomic mass is 10.2. The maximum absolute atomic E-state index is 12.5. The van der Waals surface area contributed by atoms with Crippen LogP contribution < -0.4 is 10.5 Å². The number of halogens is 1. The summed E-state index contributed by atoms with van der Waals surface area (Å²) in [6.45, 7) is 4.16. The second-order valence-corrected chi connectivity index (χ2v) is 5.62. The molecule has 1 aliphatic heterocycles. The fourth-order valence-corrected chi connectivity index (χ4v) is 2.83. The van der Waals surface area contributed by atoms with Crippen molar-refractivity contribution in [2.24, 2.45) is 0 Å². The number of hydrogen-bond donors (Lipinski definition) is 0. The average Bonchev–Trinajstić information content (AvgIpc) is 2.58. The molecule has 2 heterocycles. The van der Waals surface area contributed by atoms with Gasteiger partial charge in [-0.15, -0.1) is 0 Å². The molecule has 2 aromatic rings. The van der Waals surface area contributed by atoms with Crippen molar-refractivity contribution in [1.29, 1.82) is 0 Å². The Kier molecular flexibility index (Phi) is 4.45. The molecule has 0 saturated carbocycles. The molecule has 0 aliphatic carbocycles. The summed E-state index contributed by atoms with van der Waals surface area (Å²) in [6, 6.07) is 9.26. The lowest BCUT2D eigenvalue weighted by Gasteiger charge is -2.34. The molecule has 1 aliphatic rings. The highest BCUT2D eigenvalue weighted by molar-refractivity contribution is 6.33. The number of morpholine rings is 1. The van der Waals surface area contributed by atoms with Gasteiger partial charge in [-0.1, -0.05) is 36.7 Å². The van der Waals surface area contributed by atoms with Gasteiger partial charge in [-0.25, -0.2) is 0 Å². The second kappa shape index (κ2) is 6.50. The van der Waals surface area contributed by atoms with Gasteiger partial charge >= 0.3 is 0 Å². The Bertz CT molecular complexity index is 702. The van der Waals surface area contributed by atoms with Crippen molar-refractivity contribution in [3.63, 3.8) is 0 Å². The molecule has 0 bridgehead atoms. The molecule has 1 atom stereocenters. The van der Waals surface area contributed by atoms with E-state index >= 15 is 0 Å². The molecule has 1 saturated heterocycles. The SMILES string of the molecule is CC[C@@H]1CN(c2cnn(-c3ccccc3)c(=O)c2Cl)CCO1. The summed E-state index contributed by atoms with van der Waals surface area (Å²) in [5, 5.41) is 4.48. The molecule has 0 N–H and O–H groups in total. The molecule has 1 fully saturated rings. The molecule has 0 radical (unpaired) electrons. The molecule has 3 rings (SSSR count). The van der Waals surface area contributed by atoms with Crippen LogP contribution in [0.2, 0.25) is 5.02 Å². The first kappa shape index (κ1) is 15.1. The zero-order valence-electron chi connectivity index (χ0n) is 12.4. The Hall–Kier alpha value is -1.85. The van der Waals surface area contributed by atoms with E-state index < -0.39 is 0 Å². The molecule has 1 aromatic heterocycles. The van der Waals surface area contributed by atoms with Crippen molar-refractivity contribution in [2.45, 2.75) is 19.4 Å². The van der Waals surface area contributed by atoms with Crippen LogP contribution in [0.4, 0.5) is 5.69 Å². The molecular weight excluding hydrogens is 302 g/mol. The van der Waals surface area contributed by atoms with E-state index in [2.05, 4.69) is 16.9 Å². The highest BCUT2D eigenvalue weighted by Crippen LogP contribution is 2.24. The van der Waals surface area contributed by atoms with Gasteiger partial charge in [0.15, 0.2) is 0 Å². The summed E-state index contributed by atoms with van der Waals surface area (Å²) in [4.78, 5) is 14.6. The highest BCUT2D eigenvalue weighted by atomic mass is 35.5. The average molecular weight is 320 g/mol. The van der Waals surface area contributed by atoms with Crippen LogP contribution in [0.5, 0.6) is 0 Å². The molecular formula is C16H18ClN3O2. The zero-order chi connectivity index (χ0) is 15.5. The van der Waals surface area contributed by atoms with E-state index in [-0.39, 0.29) is 16.7 Å². The van der Waals surface area contributed by atoms with Crippen LogP contribution in [0.3, 0.4) is 0 Å². The van der Waals surface area contributed by atoms with Gasteiger partial charge in [0, 0.05) is 13.1 Å². The molecule has 0 spiro atoms. The number of para-hydroxylation sites is 1. The maximum Gasteiger partial charge on any atom is 0.292 e. The topological polar surface area (TPSA) is 47.4 Å². The van der Waals surface area contributed by atoms with Gasteiger partial charge < -0.3 is 9.64 Å². The van der Waals surface area contributed by atoms with Crippen LogP contribution in [-0.4, -0.2) is 35.6 Å². The molecule has 0 unspecified atom stereocenters. The van der Waals surface area contributed by atoms with Crippen molar-refractivity contribution in [1.82, 2.24) is 9.78 Å². The van der Waals surface area contributed by atoms with Crippen LogP contribution >= 0.6 is 11.6 Å². The fourth-order valence-electron chi connectivity index (χ4n) is 2.58. The first-order chi connectivity index (χ1) is 10.7. The number of hydrogen-bond acceptors (Lipinski definition) is 4. The molecule has 116 valence electrons. The van der Waals surface area contributed by atoms with Crippen LogP contribution in [-0.2, 0) is 4.74 Å². The van der Waals surface area contributed by atoms with E-state index in [0.29, 0.717) is 24.5 Å². The normalized spacial score (nSPS) is 18.5. The van der Waals surface area contributed by atoms with Crippen LogP contribution in [0.1, 0.15) is 13.3 Å². The standard InChI is InChI=1S/C16H18ClN3O2/c1-2-13-11-19(8-9-22-13)14-10-18-20(16(21)15(14)17)12-6-4-3-5-7-12/h3-7,10,13H,2,8-9,11H2,1H3/t13-/m1/s1. The van der Waals surface area contributed by atoms with E-state index in [9.17, 15) is 4.79 Å². The van der Waals surface area contributed by atoms with Gasteiger partial charge in [0.05, 0.1) is 30.3 Å². The summed E-state index contributed by atoms with van der Waals surface area (Å²) in [7, 11) is 0. The Morgan fingerprint density at radius 2 is 2.14 bits per heavy atom. The summed E-state index contributed by atoms with van der Waals surface area (Å²) < 4.78 is 6.98. The van der Waals surface area contributed by atoms with Gasteiger partial charge in [0.1, 0.15) is 5.02 Å². The van der Waals surface area contributed by atoms with E-state index in [1.54, 1.807) is 6.20 Å². The minimum atomic E-state index is -0.301. The third-order valence-corrected chi connectivity index (χ3v) is 4.19. The Morgan fingerprint density at radius 3 is 2.86 bits per heavy atom. The van der Waals surface area contributed by atoms with Crippen molar-refractivity contribution >= 4 is 17.3 Å². The van der Waals surface area contributed by atoms with Gasteiger partial charge in [0.2, 0.25) is 0 Å². The molecule has 0 amide bonds. The highest BCUT2D eigenvalue weighted by Gasteiger charge is 2.23. The molecule has 6 heteroatoms. The lowest BCUT2D eigenvalue weighted by molar-refractivity contribution is 0.0384. The van der Waals surface area contributed by atoms with Crippen LogP contribution in [0, 0.1) is 0 Å². The number of benzene rings is 1. The van der Waals surface area contributed by atoms with Crippen molar-refractivity contribution < 1.29 is 4.74 Å². The Balaban J connectivity index is 1.95. The lowest BCUT2D eigenvalue weighted by Crippen LogP contribution is -2.43. The quantitative estimate of drug-likeness (QED) is 0.872. The van der Waals surface area contributed by atoms with Crippen LogP contribution in [0.15, 0.2) is 41.3 Å². The summed E-state index contributed by atoms with van der Waals surface area (Å²) in [5.41, 5.74) is 1.08. The number of aromatic nitrogens is 2. The zero-order valence-corrected chi connectivity index (χ0v) is 13.2. The van der Waals surface area contributed by atoms with Gasteiger partial charge in [-0.3, -0.25) is 4.79 Å². The minimum Gasteiger partial charge on any atom is -0.375 e. The number of nitrogens with zero attached hydrogens (tertiary/aromatic N) is 3. The van der Waals surface area contributed by atoms with E-state index in [1.165, 1.54) is 4.68 Å². The van der Waals surface area contributed by atoms with Crippen molar-refractivity contribution in [3.05, 3.63) is 51.9 Å². The summed E-state index contributed by atoms with van der Waals surface area (Å²) in [6.07, 6.45) is 2.76. The second-order valence-electron chi connectivity index (χ2n) is 5.24. The molecule has 1 aromatic carbocycles. The van der Waals surface area contributed by atoms with Crippen LogP contribution in [0.25, 0.3) is 5.69 Å². The van der Waals surface area contributed by atoms with E-state index in [1.807, 2.05) is 30.3 Å². The van der Waals surface area contributed by atoms with Gasteiger partial charge in [0.25, 0.3) is 5.56 Å². The van der Waals surface area contributed by atoms with Crippen molar-refractivity contribution in [3.8, 4) is 5.69 Å². The molecule has 22 heavy (non-hydrogen) atoms. The Morgan fingerprint density at radius 1 is 1.36 bits per heavy atom. The monoisotopic (exact) mass is 319 g/mol. The fraction of sp³-hybridized carbons (Fsp3) is 0.375. The van der Waals surface area contributed by atoms with Gasteiger partial charge in [-0.05, 0) is 18.6 Å². The maximum atomic E-state index is 12.5. The third-order valence-electron chi connectivity index (χ3n) is 3.84. The smallest absolute Gasteiger partial charge is 0.292 e. The predicted molar refractivity (Wildman–Crippen MR) is 87.1 cm³/mol. The predicted octanol–water partition coefficient (Wildman–Crippen LogP) is 2.50. The first-order valence-electron chi connectivity index (χ1n) is 7.40.